The fourth-order valence-corrected chi connectivity index (χ4v) is 1.82. The zero-order chi connectivity index (χ0) is 14.4. The van der Waals surface area contributed by atoms with Crippen molar-refractivity contribution >= 4 is 11.5 Å². The van der Waals surface area contributed by atoms with Gasteiger partial charge in [0.05, 0.1) is 0 Å². The monoisotopic (exact) mass is 268 g/mol. The molecule has 0 aromatic heterocycles. The molecule has 0 radical (unpaired) electrons. The van der Waals surface area contributed by atoms with Crippen LogP contribution in [-0.2, 0) is 11.4 Å². The zero-order valence-electron chi connectivity index (χ0n) is 11.2. The largest absolute Gasteiger partial charge is 0.489 e. The van der Waals surface area contributed by atoms with Crippen LogP contribution in [0.4, 0.5) is 0 Å². The van der Waals surface area contributed by atoms with Crippen LogP contribution < -0.4 is 4.74 Å². The lowest BCUT2D eigenvalue weighted by atomic mass is 10.1. The Morgan fingerprint density at radius 1 is 1.10 bits per heavy atom. The van der Waals surface area contributed by atoms with E-state index in [0.717, 1.165) is 16.9 Å². The third kappa shape index (κ3) is 3.99. The van der Waals surface area contributed by atoms with Crippen molar-refractivity contribution in [1.29, 1.82) is 0 Å². The van der Waals surface area contributed by atoms with Crippen molar-refractivity contribution in [2.24, 2.45) is 0 Å². The Kier molecular flexibility index (Phi) is 4.56. The highest BCUT2D eigenvalue weighted by molar-refractivity contribution is 5.89. The maximum atomic E-state index is 10.6. The lowest BCUT2D eigenvalue weighted by Gasteiger charge is -2.07. The number of rotatable bonds is 5. The predicted molar refractivity (Wildman–Crippen MR) is 78.5 cm³/mol. The molecule has 0 heterocycles. The summed E-state index contributed by atoms with van der Waals surface area (Å²) in [4.78, 5) is 10.6. The number of carbonyl (C=O) groups is 1. The summed E-state index contributed by atoms with van der Waals surface area (Å²) < 4.78 is 5.67. The van der Waals surface area contributed by atoms with Gasteiger partial charge in [-0.25, -0.2) is 4.79 Å². The van der Waals surface area contributed by atoms with Crippen LogP contribution in [0.3, 0.4) is 0 Å². The topological polar surface area (TPSA) is 46.5 Å². The minimum Gasteiger partial charge on any atom is -0.489 e. The van der Waals surface area contributed by atoms with Gasteiger partial charge >= 0.3 is 5.97 Å². The van der Waals surface area contributed by atoms with Gasteiger partial charge in [0.1, 0.15) is 12.4 Å². The summed E-state index contributed by atoms with van der Waals surface area (Å²) in [5, 5.41) is 8.71. The standard InChI is InChI=1S/C17H16O3/c1-13(11-17(18)19)15-7-9-16(10-8-15)20-12-14-5-3-2-4-6-14/h2-11H,12H2,1H3,(H,18,19). The van der Waals surface area contributed by atoms with Crippen LogP contribution in [0.15, 0.2) is 60.7 Å². The molecule has 0 saturated heterocycles. The van der Waals surface area contributed by atoms with E-state index in [1.54, 1.807) is 6.92 Å². The summed E-state index contributed by atoms with van der Waals surface area (Å²) in [6.07, 6.45) is 1.19. The van der Waals surface area contributed by atoms with Crippen molar-refractivity contribution in [2.45, 2.75) is 13.5 Å². The maximum Gasteiger partial charge on any atom is 0.328 e. The molecule has 2 aromatic carbocycles. The lowest BCUT2D eigenvalue weighted by molar-refractivity contribution is -0.131. The number of hydrogen-bond acceptors (Lipinski definition) is 2. The van der Waals surface area contributed by atoms with E-state index in [2.05, 4.69) is 0 Å². The van der Waals surface area contributed by atoms with Crippen molar-refractivity contribution < 1.29 is 14.6 Å². The molecule has 3 heteroatoms. The Bertz CT molecular complexity index is 598. The van der Waals surface area contributed by atoms with Gasteiger partial charge in [0.2, 0.25) is 0 Å². The number of carboxylic acids is 1. The summed E-state index contributed by atoms with van der Waals surface area (Å²) >= 11 is 0. The van der Waals surface area contributed by atoms with E-state index < -0.39 is 5.97 Å². The lowest BCUT2D eigenvalue weighted by Crippen LogP contribution is -1.95. The molecular weight excluding hydrogens is 252 g/mol. The fourth-order valence-electron chi connectivity index (χ4n) is 1.82. The summed E-state index contributed by atoms with van der Waals surface area (Å²) in [5.41, 5.74) is 2.70. The molecule has 0 saturated carbocycles. The maximum absolute atomic E-state index is 10.6. The summed E-state index contributed by atoms with van der Waals surface area (Å²) in [7, 11) is 0. The first-order valence-electron chi connectivity index (χ1n) is 6.33. The van der Waals surface area contributed by atoms with E-state index in [0.29, 0.717) is 12.2 Å². The van der Waals surface area contributed by atoms with E-state index in [4.69, 9.17) is 9.84 Å². The molecule has 3 nitrogen and oxygen atoms in total. The molecule has 0 unspecified atom stereocenters. The van der Waals surface area contributed by atoms with E-state index >= 15 is 0 Å². The van der Waals surface area contributed by atoms with Gasteiger partial charge in [-0.15, -0.1) is 0 Å². The third-order valence-electron chi connectivity index (χ3n) is 2.90. The van der Waals surface area contributed by atoms with Crippen LogP contribution >= 0.6 is 0 Å². The van der Waals surface area contributed by atoms with Crippen molar-refractivity contribution in [3.63, 3.8) is 0 Å². The SMILES string of the molecule is CC(=CC(=O)O)c1ccc(OCc2ccccc2)cc1. The van der Waals surface area contributed by atoms with Crippen LogP contribution in [0.5, 0.6) is 5.75 Å². The fraction of sp³-hybridized carbons (Fsp3) is 0.118. The smallest absolute Gasteiger partial charge is 0.328 e. The second kappa shape index (κ2) is 6.57. The first kappa shape index (κ1) is 13.9. The van der Waals surface area contributed by atoms with Crippen molar-refractivity contribution in [3.8, 4) is 5.75 Å². The Morgan fingerprint density at radius 3 is 2.35 bits per heavy atom. The molecule has 102 valence electrons. The van der Waals surface area contributed by atoms with E-state index in [1.807, 2.05) is 54.6 Å². The van der Waals surface area contributed by atoms with Crippen LogP contribution in [0.2, 0.25) is 0 Å². The van der Waals surface area contributed by atoms with Gasteiger partial charge in [0, 0.05) is 6.08 Å². The van der Waals surface area contributed by atoms with Gasteiger partial charge in [-0.3, -0.25) is 0 Å². The second-order valence-corrected chi connectivity index (χ2v) is 4.46. The number of aliphatic carboxylic acids is 1. The van der Waals surface area contributed by atoms with Gasteiger partial charge < -0.3 is 9.84 Å². The Labute approximate surface area is 118 Å². The molecule has 0 bridgehead atoms. The van der Waals surface area contributed by atoms with Gasteiger partial charge in [0.15, 0.2) is 0 Å². The highest BCUT2D eigenvalue weighted by Crippen LogP contribution is 2.19. The highest BCUT2D eigenvalue weighted by Gasteiger charge is 2.00. The minimum atomic E-state index is -0.938. The Hall–Kier alpha value is -2.55. The van der Waals surface area contributed by atoms with E-state index in [-0.39, 0.29) is 0 Å². The van der Waals surface area contributed by atoms with Gasteiger partial charge in [0.25, 0.3) is 0 Å². The molecule has 1 N–H and O–H groups in total. The average molecular weight is 268 g/mol. The summed E-state index contributed by atoms with van der Waals surface area (Å²) in [5.74, 6) is -0.173. The first-order valence-corrected chi connectivity index (χ1v) is 6.33. The van der Waals surface area contributed by atoms with Crippen molar-refractivity contribution in [1.82, 2.24) is 0 Å². The minimum absolute atomic E-state index is 0.518. The van der Waals surface area contributed by atoms with Crippen LogP contribution in [-0.4, -0.2) is 11.1 Å². The molecule has 0 aliphatic rings. The van der Waals surface area contributed by atoms with Crippen molar-refractivity contribution in [3.05, 3.63) is 71.8 Å². The van der Waals surface area contributed by atoms with Crippen LogP contribution in [0.1, 0.15) is 18.1 Å². The molecule has 2 aromatic rings. The molecule has 2 rings (SSSR count). The van der Waals surface area contributed by atoms with Gasteiger partial charge in [-0.05, 0) is 35.8 Å². The van der Waals surface area contributed by atoms with E-state index in [9.17, 15) is 4.79 Å². The molecule has 20 heavy (non-hydrogen) atoms. The van der Waals surface area contributed by atoms with Gasteiger partial charge in [-0.1, -0.05) is 42.5 Å². The average Bonchev–Trinajstić information content (AvgIpc) is 2.46. The quantitative estimate of drug-likeness (QED) is 0.840. The van der Waals surface area contributed by atoms with E-state index in [1.165, 1.54) is 6.08 Å². The van der Waals surface area contributed by atoms with Crippen LogP contribution in [0.25, 0.3) is 5.57 Å². The molecule has 0 fully saturated rings. The summed E-state index contributed by atoms with van der Waals surface area (Å²) in [6, 6.07) is 17.3. The molecular formula is C17H16O3. The summed E-state index contributed by atoms with van der Waals surface area (Å²) in [6.45, 7) is 2.29. The van der Waals surface area contributed by atoms with Crippen LogP contribution in [0, 0.1) is 0 Å². The first-order chi connectivity index (χ1) is 9.65. The number of carboxylic acid groups (broad SMARTS) is 1. The number of allylic oxidation sites excluding steroid dienone is 1. The molecule has 0 atom stereocenters. The number of ether oxygens (including phenoxy) is 1. The number of hydrogen-bond donors (Lipinski definition) is 1. The molecule has 0 aliphatic carbocycles. The Morgan fingerprint density at radius 2 is 1.75 bits per heavy atom. The predicted octanol–water partition coefficient (Wildman–Crippen LogP) is 3.75. The third-order valence-corrected chi connectivity index (χ3v) is 2.90. The van der Waals surface area contributed by atoms with Gasteiger partial charge in [-0.2, -0.15) is 0 Å². The normalized spacial score (nSPS) is 11.2. The molecule has 0 aliphatic heterocycles. The zero-order valence-corrected chi connectivity index (χ0v) is 11.2. The van der Waals surface area contributed by atoms with Crippen molar-refractivity contribution in [2.75, 3.05) is 0 Å². The molecule has 0 spiro atoms. The highest BCUT2D eigenvalue weighted by atomic mass is 16.5. The second-order valence-electron chi connectivity index (χ2n) is 4.46. The number of benzene rings is 2. The Balaban J connectivity index is 2.00. The molecule has 0 amide bonds.